The lowest BCUT2D eigenvalue weighted by Crippen LogP contribution is -2.30. The molecule has 1 aromatic heterocycles. The Balaban J connectivity index is 2.39. The second-order valence-corrected chi connectivity index (χ2v) is 4.05. The Labute approximate surface area is 93.9 Å². The number of thiazole rings is 1. The van der Waals surface area contributed by atoms with Crippen molar-refractivity contribution >= 4 is 17.3 Å². The number of carbonyl (C=O) groups excluding carboxylic acids is 1. The van der Waals surface area contributed by atoms with Crippen LogP contribution in [0.25, 0.3) is 0 Å². The molecule has 0 radical (unpaired) electrons. The van der Waals surface area contributed by atoms with Crippen LogP contribution in [0.15, 0.2) is 11.7 Å². The predicted octanol–water partition coefficient (Wildman–Crippen LogP) is 1.53. The van der Waals surface area contributed by atoms with E-state index in [9.17, 15) is 4.79 Å². The maximum absolute atomic E-state index is 11.3. The van der Waals surface area contributed by atoms with E-state index in [0.717, 1.165) is 13.1 Å². The van der Waals surface area contributed by atoms with E-state index in [1.807, 2.05) is 24.9 Å². The highest BCUT2D eigenvalue weighted by atomic mass is 32.1. The number of hydrogen-bond acceptors (Lipinski definition) is 5. The molecule has 4 nitrogen and oxygen atoms in total. The average Bonchev–Trinajstić information content (AvgIpc) is 2.70. The highest BCUT2D eigenvalue weighted by Crippen LogP contribution is 2.09. The zero-order valence-corrected chi connectivity index (χ0v) is 9.92. The number of carbonyl (C=O) groups is 1. The molecule has 0 atom stereocenters. The summed E-state index contributed by atoms with van der Waals surface area (Å²) in [6.45, 7) is 6.23. The van der Waals surface area contributed by atoms with Crippen molar-refractivity contribution in [3.05, 3.63) is 16.6 Å². The van der Waals surface area contributed by atoms with Crippen LogP contribution in [0.3, 0.4) is 0 Å². The van der Waals surface area contributed by atoms with Crippen molar-refractivity contribution in [2.75, 3.05) is 19.7 Å². The van der Waals surface area contributed by atoms with Gasteiger partial charge < -0.3 is 4.74 Å². The van der Waals surface area contributed by atoms with E-state index in [1.54, 1.807) is 16.8 Å². The van der Waals surface area contributed by atoms with Crippen LogP contribution in [0.2, 0.25) is 0 Å². The van der Waals surface area contributed by atoms with Gasteiger partial charge in [-0.15, -0.1) is 11.3 Å². The van der Waals surface area contributed by atoms with E-state index in [2.05, 4.69) is 4.98 Å². The summed E-state index contributed by atoms with van der Waals surface area (Å²) in [6, 6.07) is 0. The van der Waals surface area contributed by atoms with Crippen molar-refractivity contribution in [1.82, 2.24) is 9.88 Å². The SMILES string of the molecule is CCOC(=O)CN(CC)Cc1cncs1. The number of rotatable bonds is 6. The van der Waals surface area contributed by atoms with Gasteiger partial charge in [-0.1, -0.05) is 6.92 Å². The number of nitrogens with zero attached hydrogens (tertiary/aromatic N) is 2. The molecule has 0 bridgehead atoms. The van der Waals surface area contributed by atoms with Gasteiger partial charge in [-0.2, -0.15) is 0 Å². The summed E-state index contributed by atoms with van der Waals surface area (Å²) in [5, 5.41) is 0. The molecule has 0 amide bonds. The van der Waals surface area contributed by atoms with Crippen molar-refractivity contribution < 1.29 is 9.53 Å². The molecular weight excluding hydrogens is 212 g/mol. The number of ether oxygens (including phenoxy) is 1. The van der Waals surface area contributed by atoms with Crippen LogP contribution in [0.4, 0.5) is 0 Å². The van der Waals surface area contributed by atoms with E-state index >= 15 is 0 Å². The largest absolute Gasteiger partial charge is 0.465 e. The molecule has 1 aromatic rings. The Kier molecular flexibility index (Phi) is 5.28. The fourth-order valence-electron chi connectivity index (χ4n) is 1.21. The van der Waals surface area contributed by atoms with Gasteiger partial charge in [0.05, 0.1) is 18.7 Å². The molecule has 0 N–H and O–H groups in total. The second kappa shape index (κ2) is 6.53. The lowest BCUT2D eigenvalue weighted by molar-refractivity contribution is -0.144. The Morgan fingerprint density at radius 3 is 2.93 bits per heavy atom. The smallest absolute Gasteiger partial charge is 0.320 e. The zero-order chi connectivity index (χ0) is 11.1. The van der Waals surface area contributed by atoms with Gasteiger partial charge in [-0.25, -0.2) is 0 Å². The summed E-state index contributed by atoms with van der Waals surface area (Å²) in [5.41, 5.74) is 1.80. The Morgan fingerprint density at radius 2 is 2.40 bits per heavy atom. The molecule has 0 aliphatic carbocycles. The number of esters is 1. The highest BCUT2D eigenvalue weighted by molar-refractivity contribution is 7.09. The molecule has 1 heterocycles. The van der Waals surface area contributed by atoms with Gasteiger partial charge in [-0.3, -0.25) is 14.7 Å². The molecule has 84 valence electrons. The molecule has 0 spiro atoms. The van der Waals surface area contributed by atoms with Gasteiger partial charge in [0.2, 0.25) is 0 Å². The van der Waals surface area contributed by atoms with E-state index in [-0.39, 0.29) is 5.97 Å². The summed E-state index contributed by atoms with van der Waals surface area (Å²) in [7, 11) is 0. The topological polar surface area (TPSA) is 42.4 Å². The van der Waals surface area contributed by atoms with E-state index in [1.165, 1.54) is 4.88 Å². The third-order valence-electron chi connectivity index (χ3n) is 1.97. The summed E-state index contributed by atoms with van der Waals surface area (Å²) in [6.07, 6.45) is 1.83. The first-order chi connectivity index (χ1) is 7.26. The molecule has 0 aliphatic heterocycles. The first-order valence-electron chi connectivity index (χ1n) is 5.01. The van der Waals surface area contributed by atoms with Gasteiger partial charge in [0.1, 0.15) is 0 Å². The Hall–Kier alpha value is -0.940. The number of hydrogen-bond donors (Lipinski definition) is 0. The minimum absolute atomic E-state index is 0.163. The van der Waals surface area contributed by atoms with Gasteiger partial charge >= 0.3 is 5.97 Å². The monoisotopic (exact) mass is 228 g/mol. The fraction of sp³-hybridized carbons (Fsp3) is 0.600. The van der Waals surface area contributed by atoms with Crippen molar-refractivity contribution in [3.8, 4) is 0 Å². The summed E-state index contributed by atoms with van der Waals surface area (Å²) in [5.74, 6) is -0.163. The van der Waals surface area contributed by atoms with Crippen LogP contribution in [0.1, 0.15) is 18.7 Å². The summed E-state index contributed by atoms with van der Waals surface area (Å²) in [4.78, 5) is 18.5. The van der Waals surface area contributed by atoms with Gasteiger partial charge in [0.15, 0.2) is 0 Å². The van der Waals surface area contributed by atoms with Crippen LogP contribution in [-0.4, -0.2) is 35.5 Å². The normalized spacial score (nSPS) is 10.6. The van der Waals surface area contributed by atoms with Crippen LogP contribution in [-0.2, 0) is 16.1 Å². The molecule has 0 fully saturated rings. The average molecular weight is 228 g/mol. The lowest BCUT2D eigenvalue weighted by Gasteiger charge is -2.17. The highest BCUT2D eigenvalue weighted by Gasteiger charge is 2.10. The first-order valence-corrected chi connectivity index (χ1v) is 5.89. The fourth-order valence-corrected chi connectivity index (χ4v) is 1.85. The molecule has 1 rings (SSSR count). The first kappa shape index (κ1) is 12.1. The molecular formula is C10H16N2O2S. The van der Waals surface area contributed by atoms with E-state index < -0.39 is 0 Å². The second-order valence-electron chi connectivity index (χ2n) is 3.08. The van der Waals surface area contributed by atoms with Crippen molar-refractivity contribution in [3.63, 3.8) is 0 Å². The predicted molar refractivity (Wildman–Crippen MR) is 59.7 cm³/mol. The maximum atomic E-state index is 11.3. The molecule has 0 saturated carbocycles. The zero-order valence-electron chi connectivity index (χ0n) is 9.10. The van der Waals surface area contributed by atoms with Crippen LogP contribution in [0, 0.1) is 0 Å². The summed E-state index contributed by atoms with van der Waals surface area (Å²) < 4.78 is 4.90. The van der Waals surface area contributed by atoms with Crippen molar-refractivity contribution in [1.29, 1.82) is 0 Å². The molecule has 5 heteroatoms. The minimum Gasteiger partial charge on any atom is -0.465 e. The molecule has 0 aliphatic rings. The third kappa shape index (κ3) is 4.40. The Bertz CT molecular complexity index is 288. The van der Waals surface area contributed by atoms with Gasteiger partial charge in [0.25, 0.3) is 0 Å². The van der Waals surface area contributed by atoms with Crippen LogP contribution < -0.4 is 0 Å². The van der Waals surface area contributed by atoms with E-state index in [0.29, 0.717) is 13.2 Å². The number of aromatic nitrogens is 1. The van der Waals surface area contributed by atoms with Crippen LogP contribution in [0.5, 0.6) is 0 Å². The summed E-state index contributed by atoms with van der Waals surface area (Å²) >= 11 is 1.60. The molecule has 15 heavy (non-hydrogen) atoms. The standard InChI is InChI=1S/C10H16N2O2S/c1-3-12(7-10(13)14-4-2)6-9-5-11-8-15-9/h5,8H,3-4,6-7H2,1-2H3. The minimum atomic E-state index is -0.163. The van der Waals surface area contributed by atoms with Crippen molar-refractivity contribution in [2.24, 2.45) is 0 Å². The number of likely N-dealkylation sites (N-methyl/N-ethyl adjacent to an activating group) is 1. The third-order valence-corrected chi connectivity index (χ3v) is 2.73. The molecule has 0 unspecified atom stereocenters. The van der Waals surface area contributed by atoms with Gasteiger partial charge in [0, 0.05) is 17.6 Å². The van der Waals surface area contributed by atoms with Crippen LogP contribution >= 0.6 is 11.3 Å². The maximum Gasteiger partial charge on any atom is 0.320 e. The lowest BCUT2D eigenvalue weighted by atomic mass is 10.4. The molecule has 0 saturated heterocycles. The van der Waals surface area contributed by atoms with Crippen molar-refractivity contribution in [2.45, 2.75) is 20.4 Å². The quantitative estimate of drug-likeness (QED) is 0.692. The molecule has 0 aromatic carbocycles. The Morgan fingerprint density at radius 1 is 1.60 bits per heavy atom. The van der Waals surface area contributed by atoms with E-state index in [4.69, 9.17) is 4.74 Å². The van der Waals surface area contributed by atoms with Gasteiger partial charge in [-0.05, 0) is 13.5 Å².